The highest BCUT2D eigenvalue weighted by Crippen LogP contribution is 2.17. The van der Waals surface area contributed by atoms with E-state index >= 15 is 0 Å². The van der Waals surface area contributed by atoms with Gasteiger partial charge >= 0.3 is 6.03 Å². The van der Waals surface area contributed by atoms with Gasteiger partial charge in [-0.25, -0.2) is 4.79 Å². The van der Waals surface area contributed by atoms with Crippen molar-refractivity contribution in [2.24, 2.45) is 4.99 Å². The molecule has 1 aliphatic heterocycles. The van der Waals surface area contributed by atoms with E-state index in [1.54, 1.807) is 18.3 Å². The van der Waals surface area contributed by atoms with Crippen molar-refractivity contribution in [1.82, 2.24) is 15.1 Å². The maximum absolute atomic E-state index is 11.9. The molecule has 5 heteroatoms. The summed E-state index contributed by atoms with van der Waals surface area (Å²) in [5.41, 5.74) is 2.86. The molecule has 2 rings (SSSR count). The van der Waals surface area contributed by atoms with Gasteiger partial charge in [0, 0.05) is 39.8 Å². The minimum absolute atomic E-state index is 0.0829. The van der Waals surface area contributed by atoms with E-state index in [-0.39, 0.29) is 6.03 Å². The lowest BCUT2D eigenvalue weighted by Gasteiger charge is -2.29. The molecule has 1 aromatic carbocycles. The molecule has 0 aliphatic carbocycles. The number of fused-ring (bicyclic) bond motifs is 1. The number of rotatable bonds is 5. The van der Waals surface area contributed by atoms with Crippen molar-refractivity contribution in [1.29, 1.82) is 0 Å². The lowest BCUT2D eigenvalue weighted by molar-refractivity contribution is 0.216. The molecule has 0 saturated carbocycles. The summed E-state index contributed by atoms with van der Waals surface area (Å²) in [6, 6.07) is 8.51. The van der Waals surface area contributed by atoms with Gasteiger partial charge in [0.05, 0.1) is 6.34 Å². The molecule has 0 saturated heterocycles. The second-order valence-corrected chi connectivity index (χ2v) is 5.19. The molecular weight excluding hydrogens is 264 g/mol. The summed E-state index contributed by atoms with van der Waals surface area (Å²) in [6.45, 7) is 6.12. The van der Waals surface area contributed by atoms with Crippen molar-refractivity contribution >= 4 is 12.4 Å². The maximum atomic E-state index is 11.9. The quantitative estimate of drug-likeness (QED) is 0.662. The summed E-state index contributed by atoms with van der Waals surface area (Å²) in [6.07, 6.45) is 2.65. The Labute approximate surface area is 126 Å². The van der Waals surface area contributed by atoms with Gasteiger partial charge in [-0.2, -0.15) is 0 Å². The Bertz CT molecular complexity index is 501. The number of carbonyl (C=O) groups excluding carboxylic acids is 1. The smallest absolute Gasteiger partial charge is 0.322 e. The molecule has 5 nitrogen and oxygen atoms in total. The molecule has 0 spiro atoms. The summed E-state index contributed by atoms with van der Waals surface area (Å²) in [4.78, 5) is 19.7. The molecule has 21 heavy (non-hydrogen) atoms. The highest BCUT2D eigenvalue weighted by Gasteiger charge is 2.15. The predicted molar refractivity (Wildman–Crippen MR) is 85.6 cm³/mol. The minimum Gasteiger partial charge on any atom is -0.336 e. The van der Waals surface area contributed by atoms with E-state index in [1.807, 2.05) is 6.92 Å². The predicted octanol–water partition coefficient (Wildman–Crippen LogP) is 1.73. The largest absolute Gasteiger partial charge is 0.336 e. The number of urea groups is 1. The van der Waals surface area contributed by atoms with E-state index in [0.717, 1.165) is 26.1 Å². The molecule has 0 unspecified atom stereocenters. The molecule has 1 aliphatic rings. The Morgan fingerprint density at radius 1 is 1.43 bits per heavy atom. The molecule has 1 heterocycles. The standard InChI is InChI=1S/C16H24N4O/c1-3-20(13-17-2)16(21)18-9-11-19-10-8-14-6-4-5-7-15(14)12-19/h4-7,13H,3,8-12H2,1-2H3,(H,18,21). The number of hydrogen-bond donors (Lipinski definition) is 1. The van der Waals surface area contributed by atoms with Gasteiger partial charge in [-0.05, 0) is 24.5 Å². The van der Waals surface area contributed by atoms with Crippen LogP contribution in [0.5, 0.6) is 0 Å². The fraction of sp³-hybridized carbons (Fsp3) is 0.500. The second kappa shape index (κ2) is 7.78. The maximum Gasteiger partial charge on any atom is 0.322 e. The van der Waals surface area contributed by atoms with Crippen molar-refractivity contribution < 1.29 is 4.79 Å². The number of nitrogens with zero attached hydrogens (tertiary/aromatic N) is 3. The Hall–Kier alpha value is -1.88. The first-order valence-electron chi connectivity index (χ1n) is 7.50. The normalized spacial score (nSPS) is 15.0. The van der Waals surface area contributed by atoms with Crippen LogP contribution in [0.15, 0.2) is 29.3 Å². The first-order valence-corrected chi connectivity index (χ1v) is 7.50. The Morgan fingerprint density at radius 3 is 2.90 bits per heavy atom. The third-order valence-electron chi connectivity index (χ3n) is 3.77. The average molecular weight is 288 g/mol. The molecule has 1 aromatic rings. The SMILES string of the molecule is CCN(C=NC)C(=O)NCCN1CCc2ccccc2C1. The third kappa shape index (κ3) is 4.29. The van der Waals surface area contributed by atoms with Crippen LogP contribution in [-0.4, -0.2) is 55.4 Å². The number of amides is 2. The number of hydrogen-bond acceptors (Lipinski definition) is 3. The van der Waals surface area contributed by atoms with Gasteiger partial charge in [0.2, 0.25) is 0 Å². The van der Waals surface area contributed by atoms with Crippen LogP contribution in [0.4, 0.5) is 4.79 Å². The van der Waals surface area contributed by atoms with E-state index in [0.29, 0.717) is 13.1 Å². The third-order valence-corrected chi connectivity index (χ3v) is 3.77. The molecule has 0 aromatic heterocycles. The van der Waals surface area contributed by atoms with Crippen LogP contribution in [-0.2, 0) is 13.0 Å². The fourth-order valence-electron chi connectivity index (χ4n) is 2.58. The van der Waals surface area contributed by atoms with Gasteiger partial charge in [-0.15, -0.1) is 0 Å². The Balaban J connectivity index is 1.76. The van der Waals surface area contributed by atoms with Crippen molar-refractivity contribution in [2.75, 3.05) is 33.2 Å². The number of benzene rings is 1. The van der Waals surface area contributed by atoms with E-state index in [4.69, 9.17) is 0 Å². The number of carbonyl (C=O) groups is 1. The van der Waals surface area contributed by atoms with Crippen molar-refractivity contribution in [3.63, 3.8) is 0 Å². The Morgan fingerprint density at radius 2 is 2.19 bits per heavy atom. The second-order valence-electron chi connectivity index (χ2n) is 5.19. The topological polar surface area (TPSA) is 47.9 Å². The van der Waals surface area contributed by atoms with E-state index in [1.165, 1.54) is 11.1 Å². The summed E-state index contributed by atoms with van der Waals surface area (Å²) < 4.78 is 0. The molecule has 0 atom stereocenters. The zero-order valence-corrected chi connectivity index (χ0v) is 12.9. The van der Waals surface area contributed by atoms with Gasteiger partial charge in [0.25, 0.3) is 0 Å². The van der Waals surface area contributed by atoms with Crippen LogP contribution in [0.3, 0.4) is 0 Å². The monoisotopic (exact) mass is 288 g/mol. The molecule has 0 radical (unpaired) electrons. The lowest BCUT2D eigenvalue weighted by Crippen LogP contribution is -2.43. The molecule has 2 amide bonds. The van der Waals surface area contributed by atoms with Crippen LogP contribution < -0.4 is 5.32 Å². The van der Waals surface area contributed by atoms with Gasteiger partial charge in [-0.3, -0.25) is 14.8 Å². The molecular formula is C16H24N4O. The van der Waals surface area contributed by atoms with Gasteiger partial charge < -0.3 is 5.32 Å². The summed E-state index contributed by atoms with van der Waals surface area (Å²) >= 11 is 0. The van der Waals surface area contributed by atoms with E-state index in [2.05, 4.69) is 39.5 Å². The highest BCUT2D eigenvalue weighted by molar-refractivity contribution is 5.86. The molecule has 0 bridgehead atoms. The highest BCUT2D eigenvalue weighted by atomic mass is 16.2. The fourth-order valence-corrected chi connectivity index (χ4v) is 2.58. The van der Waals surface area contributed by atoms with Crippen LogP contribution in [0.1, 0.15) is 18.1 Å². The van der Waals surface area contributed by atoms with Crippen molar-refractivity contribution in [3.05, 3.63) is 35.4 Å². The van der Waals surface area contributed by atoms with Crippen LogP contribution in [0.2, 0.25) is 0 Å². The van der Waals surface area contributed by atoms with E-state index < -0.39 is 0 Å². The molecule has 0 fully saturated rings. The minimum atomic E-state index is -0.0829. The van der Waals surface area contributed by atoms with Crippen molar-refractivity contribution in [3.8, 4) is 0 Å². The first-order chi connectivity index (χ1) is 10.2. The Kier molecular flexibility index (Phi) is 5.75. The molecule has 114 valence electrons. The van der Waals surface area contributed by atoms with Crippen LogP contribution in [0, 0.1) is 0 Å². The lowest BCUT2D eigenvalue weighted by atomic mass is 10.00. The van der Waals surface area contributed by atoms with Crippen molar-refractivity contribution in [2.45, 2.75) is 19.9 Å². The van der Waals surface area contributed by atoms with Crippen LogP contribution >= 0.6 is 0 Å². The number of aliphatic imine (C=N–C) groups is 1. The summed E-state index contributed by atoms with van der Waals surface area (Å²) in [5.74, 6) is 0. The van der Waals surface area contributed by atoms with Gasteiger partial charge in [-0.1, -0.05) is 24.3 Å². The van der Waals surface area contributed by atoms with Crippen LogP contribution in [0.25, 0.3) is 0 Å². The van der Waals surface area contributed by atoms with Gasteiger partial charge in [0.1, 0.15) is 0 Å². The zero-order chi connectivity index (χ0) is 15.1. The molecule has 1 N–H and O–H groups in total. The summed E-state index contributed by atoms with van der Waals surface area (Å²) in [7, 11) is 1.67. The van der Waals surface area contributed by atoms with E-state index in [9.17, 15) is 4.79 Å². The zero-order valence-electron chi connectivity index (χ0n) is 12.9. The number of nitrogens with one attached hydrogen (secondary N) is 1. The average Bonchev–Trinajstić information content (AvgIpc) is 2.52. The van der Waals surface area contributed by atoms with Gasteiger partial charge in [0.15, 0.2) is 0 Å². The summed E-state index contributed by atoms with van der Waals surface area (Å²) in [5, 5.41) is 2.94. The first kappa shape index (κ1) is 15.5.